The number of rotatable bonds is 4. The highest BCUT2D eigenvalue weighted by atomic mass is 16.6. The van der Waals surface area contributed by atoms with Crippen molar-refractivity contribution < 1.29 is 23.7 Å². The van der Waals surface area contributed by atoms with E-state index in [1.165, 1.54) is 16.7 Å². The highest BCUT2D eigenvalue weighted by molar-refractivity contribution is 5.75. The van der Waals surface area contributed by atoms with E-state index in [9.17, 15) is 0 Å². The predicted molar refractivity (Wildman–Crippen MR) is 123 cm³/mol. The largest absolute Gasteiger partial charge is 0.496 e. The van der Waals surface area contributed by atoms with Crippen LogP contribution < -0.4 is 18.9 Å². The van der Waals surface area contributed by atoms with Crippen molar-refractivity contribution in [3.8, 4) is 23.0 Å². The summed E-state index contributed by atoms with van der Waals surface area (Å²) in [6.45, 7) is 0.998. The van der Waals surface area contributed by atoms with Crippen LogP contribution in [0.1, 0.15) is 28.7 Å². The molecule has 2 aliphatic heterocycles. The van der Waals surface area contributed by atoms with Gasteiger partial charge in [-0.25, -0.2) is 0 Å². The SMILES string of the molecule is COc1ccc2c3c1O[C@H]1[C@]4(OC)C=C[C@@]5(c6c(OC)ccc(OC)c64)[C@@H](C2)N(C)CC[C@]315. The van der Waals surface area contributed by atoms with Crippen molar-refractivity contribution in [2.75, 3.05) is 42.0 Å². The molecule has 0 saturated carbocycles. The van der Waals surface area contributed by atoms with Crippen LogP contribution in [0.3, 0.4) is 0 Å². The lowest BCUT2D eigenvalue weighted by Gasteiger charge is -2.69. The van der Waals surface area contributed by atoms with Crippen molar-refractivity contribution in [1.29, 1.82) is 0 Å². The van der Waals surface area contributed by atoms with Gasteiger partial charge in [-0.05, 0) is 56.3 Å². The Bertz CT molecular complexity index is 1240. The molecule has 0 N–H and O–H groups in total. The second kappa shape index (κ2) is 6.05. The van der Waals surface area contributed by atoms with Crippen LogP contribution in [-0.2, 0) is 27.6 Å². The zero-order chi connectivity index (χ0) is 22.8. The van der Waals surface area contributed by atoms with Crippen LogP contribution in [0.5, 0.6) is 23.0 Å². The summed E-state index contributed by atoms with van der Waals surface area (Å²) in [6.07, 6.45) is 6.32. The van der Waals surface area contributed by atoms with Crippen LogP contribution >= 0.6 is 0 Å². The van der Waals surface area contributed by atoms with Crippen molar-refractivity contribution in [3.05, 3.63) is 58.7 Å². The third-order valence-corrected chi connectivity index (χ3v) is 9.32. The first kappa shape index (κ1) is 19.7. The Kier molecular flexibility index (Phi) is 3.62. The minimum atomic E-state index is -0.796. The normalized spacial score (nSPS) is 36.2. The van der Waals surface area contributed by atoms with Crippen LogP contribution in [0.2, 0.25) is 0 Å². The number of methoxy groups -OCH3 is 4. The summed E-state index contributed by atoms with van der Waals surface area (Å²) in [5.41, 5.74) is 3.47. The number of likely N-dealkylation sites (N-methyl/N-ethyl adjacent to an activating group) is 1. The van der Waals surface area contributed by atoms with E-state index in [-0.39, 0.29) is 23.0 Å². The average molecular weight is 448 g/mol. The lowest BCUT2D eigenvalue weighted by molar-refractivity contribution is -0.145. The first-order valence-electron chi connectivity index (χ1n) is 11.6. The summed E-state index contributed by atoms with van der Waals surface area (Å²) < 4.78 is 31.3. The molecule has 0 unspecified atom stereocenters. The molecule has 33 heavy (non-hydrogen) atoms. The van der Waals surface area contributed by atoms with Crippen molar-refractivity contribution in [2.45, 2.75) is 41.4 Å². The predicted octanol–water partition coefficient (Wildman–Crippen LogP) is 3.33. The molecule has 0 aromatic heterocycles. The topological polar surface area (TPSA) is 49.4 Å². The minimum absolute atomic E-state index is 0.227. The molecule has 6 aliphatic rings. The zero-order valence-electron chi connectivity index (χ0n) is 19.7. The second-order valence-corrected chi connectivity index (χ2v) is 9.97. The van der Waals surface area contributed by atoms with E-state index >= 15 is 0 Å². The van der Waals surface area contributed by atoms with Gasteiger partial charge in [0.1, 0.15) is 17.6 Å². The quantitative estimate of drug-likeness (QED) is 0.671. The molecule has 2 aromatic rings. The summed E-state index contributed by atoms with van der Waals surface area (Å²) in [6, 6.07) is 8.59. The molecule has 4 aliphatic carbocycles. The second-order valence-electron chi connectivity index (χ2n) is 9.97. The number of likely N-dealkylation sites (tertiary alicyclic amines) is 1. The molecular formula is C27H29NO5. The van der Waals surface area contributed by atoms with E-state index < -0.39 is 5.60 Å². The van der Waals surface area contributed by atoms with Crippen LogP contribution in [-0.4, -0.2) is 59.1 Å². The smallest absolute Gasteiger partial charge is 0.166 e. The summed E-state index contributed by atoms with van der Waals surface area (Å²) in [7, 11) is 9.23. The van der Waals surface area contributed by atoms with E-state index in [1.807, 2.05) is 12.1 Å². The first-order chi connectivity index (χ1) is 16.0. The Labute approximate surface area is 194 Å². The van der Waals surface area contributed by atoms with Gasteiger partial charge in [0, 0.05) is 35.3 Å². The van der Waals surface area contributed by atoms with Gasteiger partial charge in [0.2, 0.25) is 0 Å². The molecule has 6 nitrogen and oxygen atoms in total. The Balaban J connectivity index is 1.69. The molecular weight excluding hydrogens is 418 g/mol. The van der Waals surface area contributed by atoms with Gasteiger partial charge in [-0.2, -0.15) is 0 Å². The Morgan fingerprint density at radius 1 is 0.879 bits per heavy atom. The van der Waals surface area contributed by atoms with Crippen molar-refractivity contribution in [2.24, 2.45) is 0 Å². The van der Waals surface area contributed by atoms with Crippen molar-refractivity contribution in [3.63, 3.8) is 0 Å². The molecule has 172 valence electrons. The maximum atomic E-state index is 6.97. The average Bonchev–Trinajstić information content (AvgIpc) is 3.22. The van der Waals surface area contributed by atoms with Gasteiger partial charge in [0.15, 0.2) is 17.1 Å². The molecule has 2 heterocycles. The number of ether oxygens (including phenoxy) is 5. The molecule has 0 radical (unpaired) electrons. The molecule has 2 aromatic carbocycles. The monoisotopic (exact) mass is 447 g/mol. The molecule has 6 heteroatoms. The molecule has 1 fully saturated rings. The van der Waals surface area contributed by atoms with Crippen molar-refractivity contribution in [1.82, 2.24) is 4.90 Å². The van der Waals surface area contributed by atoms with Gasteiger partial charge in [0.05, 0.1) is 26.7 Å². The Morgan fingerprint density at radius 3 is 2.27 bits per heavy atom. The van der Waals surface area contributed by atoms with Crippen LogP contribution in [0, 0.1) is 0 Å². The number of piperidine rings is 1. The van der Waals surface area contributed by atoms with E-state index in [2.05, 4.69) is 36.2 Å². The number of nitrogens with zero attached hydrogens (tertiary/aromatic N) is 1. The van der Waals surface area contributed by atoms with Gasteiger partial charge in [0.25, 0.3) is 0 Å². The standard InChI is InChI=1S/C27H29NO5/c1-28-13-12-26-20-15-6-7-18(31-4)23(20)33-24(26)27(32-5)11-10-25(26,19(28)14-15)21-16(29-2)8-9-17(30-3)22(21)27/h6-11,19,24H,12-14H2,1-5H3/t19-,24-,25+,26+,27+/m1/s1. The van der Waals surface area contributed by atoms with Crippen LogP contribution in [0.15, 0.2) is 36.4 Å². The van der Waals surface area contributed by atoms with E-state index in [4.69, 9.17) is 23.7 Å². The number of hydrogen-bond acceptors (Lipinski definition) is 6. The maximum absolute atomic E-state index is 6.97. The third kappa shape index (κ3) is 1.79. The highest BCUT2D eigenvalue weighted by Gasteiger charge is 2.79. The lowest BCUT2D eigenvalue weighted by atomic mass is 9.37. The fraction of sp³-hybridized carbons (Fsp3) is 0.481. The van der Waals surface area contributed by atoms with Gasteiger partial charge >= 0.3 is 0 Å². The Morgan fingerprint density at radius 2 is 1.58 bits per heavy atom. The highest BCUT2D eigenvalue weighted by Crippen LogP contribution is 2.75. The number of benzene rings is 2. The fourth-order valence-electron chi connectivity index (χ4n) is 8.18. The summed E-state index contributed by atoms with van der Waals surface area (Å²) in [5, 5.41) is 0. The Hall–Kier alpha value is -2.70. The van der Waals surface area contributed by atoms with Crippen LogP contribution in [0.4, 0.5) is 0 Å². The molecule has 5 atom stereocenters. The van der Waals surface area contributed by atoms with E-state index in [0.717, 1.165) is 47.9 Å². The third-order valence-electron chi connectivity index (χ3n) is 9.32. The number of hydrogen-bond donors (Lipinski definition) is 0. The van der Waals surface area contributed by atoms with Gasteiger partial charge in [-0.15, -0.1) is 0 Å². The lowest BCUT2D eigenvalue weighted by Crippen LogP contribution is -2.77. The summed E-state index contributed by atoms with van der Waals surface area (Å²) >= 11 is 0. The maximum Gasteiger partial charge on any atom is 0.166 e. The zero-order valence-corrected chi connectivity index (χ0v) is 19.7. The van der Waals surface area contributed by atoms with Gasteiger partial charge in [-0.1, -0.05) is 12.1 Å². The minimum Gasteiger partial charge on any atom is -0.496 e. The molecule has 0 amide bonds. The molecule has 8 rings (SSSR count). The van der Waals surface area contributed by atoms with Gasteiger partial charge < -0.3 is 28.6 Å². The fourth-order valence-corrected chi connectivity index (χ4v) is 8.18. The summed E-state index contributed by atoms with van der Waals surface area (Å²) in [5.74, 6) is 3.36. The molecule has 1 saturated heterocycles. The van der Waals surface area contributed by atoms with Gasteiger partial charge in [-0.3, -0.25) is 0 Å². The first-order valence-corrected chi connectivity index (χ1v) is 11.6. The van der Waals surface area contributed by atoms with Crippen LogP contribution in [0.25, 0.3) is 0 Å². The summed E-state index contributed by atoms with van der Waals surface area (Å²) in [4.78, 5) is 2.52. The molecule has 4 bridgehead atoms. The molecule has 2 spiro atoms. The van der Waals surface area contributed by atoms with E-state index in [0.29, 0.717) is 0 Å². The van der Waals surface area contributed by atoms with Crippen molar-refractivity contribution >= 4 is 0 Å². The van der Waals surface area contributed by atoms with E-state index in [1.54, 1.807) is 28.4 Å².